The van der Waals surface area contributed by atoms with Gasteiger partial charge in [0, 0.05) is 10.6 Å². The Morgan fingerprint density at radius 3 is 2.88 bits per heavy atom. The molecule has 0 spiro atoms. The summed E-state index contributed by atoms with van der Waals surface area (Å²) < 4.78 is 11.5. The summed E-state index contributed by atoms with van der Waals surface area (Å²) in [5.41, 5.74) is 9.87. The molecule has 0 aliphatic rings. The third-order valence-electron chi connectivity index (χ3n) is 4.23. The Labute approximate surface area is 186 Å². The molecule has 0 aliphatic carbocycles. The number of aromatic nitrogens is 5. The molecule has 0 unspecified atom stereocenters. The monoisotopic (exact) mass is 452 g/mol. The van der Waals surface area contributed by atoms with Crippen LogP contribution >= 0.6 is 11.6 Å². The van der Waals surface area contributed by atoms with Crippen LogP contribution in [0.5, 0.6) is 5.75 Å². The summed E-state index contributed by atoms with van der Waals surface area (Å²) in [6.07, 6.45) is 1.46. The van der Waals surface area contributed by atoms with Gasteiger partial charge in [0.1, 0.15) is 11.4 Å². The summed E-state index contributed by atoms with van der Waals surface area (Å²) in [6, 6.07) is 14.1. The van der Waals surface area contributed by atoms with E-state index in [4.69, 9.17) is 22.1 Å². The van der Waals surface area contributed by atoms with Crippen LogP contribution in [0.25, 0.3) is 17.1 Å². The first-order valence-corrected chi connectivity index (χ1v) is 9.81. The molecule has 0 fully saturated rings. The standard InChI is InChI=1S/C20H17ClN8O3/c1-2-31-15-8-4-6-13(10-15)17-16(24-28-29(17)19-18(22)26-32-27-19)20(30)25-23-11-12-5-3-7-14(21)9-12/h3-11H,2H2,1H3,(H2,22,26)(H,25,30)/b23-11+. The Morgan fingerprint density at radius 2 is 2.12 bits per heavy atom. The van der Waals surface area contributed by atoms with Crippen molar-refractivity contribution in [3.63, 3.8) is 0 Å². The predicted molar refractivity (Wildman–Crippen MR) is 117 cm³/mol. The number of nitrogen functional groups attached to an aromatic ring is 1. The maximum absolute atomic E-state index is 12.9. The van der Waals surface area contributed by atoms with E-state index in [1.54, 1.807) is 48.5 Å². The Morgan fingerprint density at radius 1 is 1.28 bits per heavy atom. The second-order valence-corrected chi connectivity index (χ2v) is 6.82. The normalized spacial score (nSPS) is 11.1. The van der Waals surface area contributed by atoms with Crippen LogP contribution in [0.15, 0.2) is 58.3 Å². The molecule has 1 amide bonds. The summed E-state index contributed by atoms with van der Waals surface area (Å²) in [4.78, 5) is 12.9. The number of carbonyl (C=O) groups is 1. The van der Waals surface area contributed by atoms with Crippen LogP contribution in [0.1, 0.15) is 23.0 Å². The molecule has 11 nitrogen and oxygen atoms in total. The predicted octanol–water partition coefficient (Wildman–Crippen LogP) is 2.72. The lowest BCUT2D eigenvalue weighted by molar-refractivity contribution is 0.0950. The van der Waals surface area contributed by atoms with Crippen molar-refractivity contribution in [2.24, 2.45) is 5.10 Å². The average Bonchev–Trinajstić information content (AvgIpc) is 3.40. The van der Waals surface area contributed by atoms with Crippen molar-refractivity contribution >= 4 is 29.5 Å². The first kappa shape index (κ1) is 21.0. The maximum atomic E-state index is 12.9. The smallest absolute Gasteiger partial charge is 0.294 e. The van der Waals surface area contributed by atoms with Crippen molar-refractivity contribution < 1.29 is 14.2 Å². The molecule has 4 rings (SSSR count). The van der Waals surface area contributed by atoms with Crippen LogP contribution in [0.4, 0.5) is 5.82 Å². The Bertz CT molecular complexity index is 1280. The minimum Gasteiger partial charge on any atom is -0.494 e. The molecule has 2 heterocycles. The zero-order valence-electron chi connectivity index (χ0n) is 16.8. The third kappa shape index (κ3) is 4.42. The van der Waals surface area contributed by atoms with Crippen LogP contribution in [0.2, 0.25) is 5.02 Å². The number of hydrazone groups is 1. The van der Waals surface area contributed by atoms with Gasteiger partial charge in [-0.1, -0.05) is 41.1 Å². The van der Waals surface area contributed by atoms with Gasteiger partial charge in [-0.3, -0.25) is 4.79 Å². The Balaban J connectivity index is 1.70. The first-order chi connectivity index (χ1) is 15.6. The lowest BCUT2D eigenvalue weighted by Crippen LogP contribution is -2.19. The highest BCUT2D eigenvalue weighted by atomic mass is 35.5. The van der Waals surface area contributed by atoms with Gasteiger partial charge in [-0.2, -0.15) is 9.78 Å². The van der Waals surface area contributed by atoms with Gasteiger partial charge in [0.15, 0.2) is 5.69 Å². The van der Waals surface area contributed by atoms with Gasteiger partial charge >= 0.3 is 0 Å². The molecule has 0 bridgehead atoms. The fourth-order valence-corrected chi connectivity index (χ4v) is 3.08. The van der Waals surface area contributed by atoms with Gasteiger partial charge in [-0.15, -0.1) is 5.10 Å². The fraction of sp³-hybridized carbons (Fsp3) is 0.100. The van der Waals surface area contributed by atoms with Gasteiger partial charge in [0.05, 0.1) is 12.8 Å². The molecule has 0 saturated heterocycles. The van der Waals surface area contributed by atoms with Crippen LogP contribution < -0.4 is 15.9 Å². The summed E-state index contributed by atoms with van der Waals surface area (Å²) >= 11 is 5.96. The van der Waals surface area contributed by atoms with Crippen molar-refractivity contribution in [3.8, 4) is 22.8 Å². The number of nitrogens with zero attached hydrogens (tertiary/aromatic N) is 6. The topological polar surface area (TPSA) is 146 Å². The fourth-order valence-electron chi connectivity index (χ4n) is 2.89. The highest BCUT2D eigenvalue weighted by Gasteiger charge is 2.25. The van der Waals surface area contributed by atoms with Gasteiger partial charge in [0.2, 0.25) is 11.6 Å². The molecule has 0 atom stereocenters. The van der Waals surface area contributed by atoms with E-state index in [0.717, 1.165) is 0 Å². The zero-order valence-corrected chi connectivity index (χ0v) is 17.5. The van der Waals surface area contributed by atoms with Crippen molar-refractivity contribution in [1.82, 2.24) is 30.7 Å². The number of nitrogens with one attached hydrogen (secondary N) is 1. The minimum absolute atomic E-state index is 0.00991. The second kappa shape index (κ2) is 9.27. The Kier molecular flexibility index (Phi) is 6.08. The maximum Gasteiger partial charge on any atom is 0.294 e. The molecule has 32 heavy (non-hydrogen) atoms. The molecular formula is C20H17ClN8O3. The number of amides is 1. The van der Waals surface area contributed by atoms with E-state index in [-0.39, 0.29) is 17.3 Å². The summed E-state index contributed by atoms with van der Waals surface area (Å²) in [5.74, 6) is 0.0922. The van der Waals surface area contributed by atoms with E-state index in [9.17, 15) is 4.79 Å². The van der Waals surface area contributed by atoms with Crippen LogP contribution in [0, 0.1) is 0 Å². The molecule has 12 heteroatoms. The SMILES string of the molecule is CCOc1cccc(-c2c(C(=O)N/N=C/c3cccc(Cl)c3)nnn2-c2nonc2N)c1. The van der Waals surface area contributed by atoms with Gasteiger partial charge < -0.3 is 10.5 Å². The molecule has 0 radical (unpaired) electrons. The quantitative estimate of drug-likeness (QED) is 0.321. The van der Waals surface area contributed by atoms with E-state index < -0.39 is 5.91 Å². The molecule has 4 aromatic rings. The number of hydrogen-bond acceptors (Lipinski definition) is 9. The largest absolute Gasteiger partial charge is 0.494 e. The van der Waals surface area contributed by atoms with E-state index in [1.165, 1.54) is 10.9 Å². The Hall–Kier alpha value is -4.25. The molecule has 0 saturated carbocycles. The summed E-state index contributed by atoms with van der Waals surface area (Å²) in [5, 5.41) is 19.9. The van der Waals surface area contributed by atoms with Gasteiger partial charge in [-0.05, 0) is 47.1 Å². The lowest BCUT2D eigenvalue weighted by Gasteiger charge is -2.08. The third-order valence-corrected chi connectivity index (χ3v) is 4.46. The molecular weight excluding hydrogens is 436 g/mol. The number of halogens is 1. The molecule has 0 aliphatic heterocycles. The van der Waals surface area contributed by atoms with Crippen molar-refractivity contribution in [3.05, 3.63) is 64.8 Å². The number of nitrogens with two attached hydrogens (primary N) is 1. The van der Waals surface area contributed by atoms with E-state index >= 15 is 0 Å². The van der Waals surface area contributed by atoms with Gasteiger partial charge in [0.25, 0.3) is 5.91 Å². The van der Waals surface area contributed by atoms with Crippen LogP contribution in [-0.2, 0) is 0 Å². The van der Waals surface area contributed by atoms with Crippen molar-refractivity contribution in [1.29, 1.82) is 0 Å². The number of carbonyl (C=O) groups excluding carboxylic acids is 1. The summed E-state index contributed by atoms with van der Waals surface area (Å²) in [7, 11) is 0. The molecule has 3 N–H and O–H groups in total. The molecule has 162 valence electrons. The van der Waals surface area contributed by atoms with Crippen molar-refractivity contribution in [2.75, 3.05) is 12.3 Å². The van der Waals surface area contributed by atoms with Crippen LogP contribution in [0.3, 0.4) is 0 Å². The average molecular weight is 453 g/mol. The lowest BCUT2D eigenvalue weighted by atomic mass is 10.1. The van der Waals surface area contributed by atoms with Crippen LogP contribution in [-0.4, -0.2) is 44.0 Å². The van der Waals surface area contributed by atoms with E-state index in [0.29, 0.717) is 34.2 Å². The zero-order chi connectivity index (χ0) is 22.5. The number of benzene rings is 2. The van der Waals surface area contributed by atoms with E-state index in [2.05, 4.69) is 35.8 Å². The molecule has 2 aromatic heterocycles. The molecule has 2 aromatic carbocycles. The highest BCUT2D eigenvalue weighted by molar-refractivity contribution is 6.30. The van der Waals surface area contributed by atoms with E-state index in [1.807, 2.05) is 6.92 Å². The summed E-state index contributed by atoms with van der Waals surface area (Å²) in [6.45, 7) is 2.35. The second-order valence-electron chi connectivity index (χ2n) is 6.39. The number of anilines is 1. The first-order valence-electron chi connectivity index (χ1n) is 9.43. The van der Waals surface area contributed by atoms with Crippen molar-refractivity contribution in [2.45, 2.75) is 6.92 Å². The number of rotatable bonds is 7. The highest BCUT2D eigenvalue weighted by Crippen LogP contribution is 2.29. The van der Waals surface area contributed by atoms with Gasteiger partial charge in [-0.25, -0.2) is 10.1 Å². The number of hydrogen-bond donors (Lipinski definition) is 2. The number of ether oxygens (including phenoxy) is 1. The minimum atomic E-state index is -0.596.